The van der Waals surface area contributed by atoms with E-state index in [-0.39, 0.29) is 0 Å². The van der Waals surface area contributed by atoms with Crippen molar-refractivity contribution in [1.29, 1.82) is 0 Å². The Morgan fingerprint density at radius 3 is 2.74 bits per heavy atom. The molecule has 0 saturated carbocycles. The number of hydrogen-bond donors (Lipinski definition) is 1. The number of likely N-dealkylation sites (tertiary alicyclic amines) is 1. The molecule has 1 aliphatic heterocycles. The van der Waals surface area contributed by atoms with Gasteiger partial charge in [-0.25, -0.2) is 9.67 Å². The van der Waals surface area contributed by atoms with Crippen LogP contribution in [-0.4, -0.2) is 45.3 Å². The van der Waals surface area contributed by atoms with Crippen LogP contribution in [0.3, 0.4) is 0 Å². The second kappa shape index (κ2) is 6.48. The molecule has 0 amide bonds. The van der Waals surface area contributed by atoms with Crippen molar-refractivity contribution in [2.75, 3.05) is 19.6 Å². The molecule has 1 aromatic rings. The van der Waals surface area contributed by atoms with E-state index in [1.165, 1.54) is 19.5 Å². The first-order chi connectivity index (χ1) is 9.08. The van der Waals surface area contributed by atoms with Gasteiger partial charge in [-0.3, -0.25) is 0 Å². The Bertz CT molecular complexity index is 385. The van der Waals surface area contributed by atoms with Gasteiger partial charge in [-0.05, 0) is 53.1 Å². The SMILES string of the molecule is CC(C)N1CCC(CNCc2ncnn2C(C)C)C1. The summed E-state index contributed by atoms with van der Waals surface area (Å²) in [6.45, 7) is 13.2. The molecule has 108 valence electrons. The highest BCUT2D eigenvalue weighted by molar-refractivity contribution is 4.87. The van der Waals surface area contributed by atoms with E-state index in [1.807, 2.05) is 4.68 Å². The first-order valence-electron chi connectivity index (χ1n) is 7.41. The summed E-state index contributed by atoms with van der Waals surface area (Å²) in [6.07, 6.45) is 2.95. The van der Waals surface area contributed by atoms with Crippen LogP contribution >= 0.6 is 0 Å². The zero-order valence-electron chi connectivity index (χ0n) is 12.6. The minimum absolute atomic E-state index is 0.377. The van der Waals surface area contributed by atoms with Crippen molar-refractivity contribution in [3.05, 3.63) is 12.2 Å². The maximum atomic E-state index is 4.32. The summed E-state index contributed by atoms with van der Waals surface area (Å²) in [5.74, 6) is 1.81. The number of hydrogen-bond acceptors (Lipinski definition) is 4. The van der Waals surface area contributed by atoms with E-state index in [4.69, 9.17) is 0 Å². The van der Waals surface area contributed by atoms with Crippen molar-refractivity contribution in [3.8, 4) is 0 Å². The largest absolute Gasteiger partial charge is 0.310 e. The molecule has 1 N–H and O–H groups in total. The lowest BCUT2D eigenvalue weighted by Crippen LogP contribution is -2.31. The molecule has 1 aromatic heterocycles. The normalized spacial score (nSPS) is 20.8. The van der Waals surface area contributed by atoms with Crippen molar-refractivity contribution in [3.63, 3.8) is 0 Å². The third-order valence-electron chi connectivity index (χ3n) is 3.90. The Labute approximate surface area is 116 Å². The molecule has 19 heavy (non-hydrogen) atoms. The molecular weight excluding hydrogens is 238 g/mol. The summed E-state index contributed by atoms with van der Waals surface area (Å²) >= 11 is 0. The minimum Gasteiger partial charge on any atom is -0.310 e. The fraction of sp³-hybridized carbons (Fsp3) is 0.857. The number of nitrogens with zero attached hydrogens (tertiary/aromatic N) is 4. The smallest absolute Gasteiger partial charge is 0.141 e. The van der Waals surface area contributed by atoms with Gasteiger partial charge in [0.25, 0.3) is 0 Å². The fourth-order valence-electron chi connectivity index (χ4n) is 2.72. The maximum Gasteiger partial charge on any atom is 0.141 e. The highest BCUT2D eigenvalue weighted by Crippen LogP contribution is 2.17. The monoisotopic (exact) mass is 265 g/mol. The predicted molar refractivity (Wildman–Crippen MR) is 76.9 cm³/mol. The summed E-state index contributed by atoms with van der Waals surface area (Å²) in [5.41, 5.74) is 0. The molecule has 1 atom stereocenters. The zero-order chi connectivity index (χ0) is 13.8. The van der Waals surface area contributed by atoms with E-state index < -0.39 is 0 Å². The Morgan fingerprint density at radius 1 is 1.32 bits per heavy atom. The Balaban J connectivity index is 1.74. The third-order valence-corrected chi connectivity index (χ3v) is 3.90. The van der Waals surface area contributed by atoms with Crippen molar-refractivity contribution in [1.82, 2.24) is 25.0 Å². The van der Waals surface area contributed by atoms with Gasteiger partial charge >= 0.3 is 0 Å². The molecular formula is C14H27N5. The van der Waals surface area contributed by atoms with Gasteiger partial charge in [-0.15, -0.1) is 0 Å². The van der Waals surface area contributed by atoms with E-state index in [0.29, 0.717) is 12.1 Å². The highest BCUT2D eigenvalue weighted by atomic mass is 15.4. The molecule has 0 aliphatic carbocycles. The Kier molecular flexibility index (Phi) is 4.93. The van der Waals surface area contributed by atoms with Crippen LogP contribution < -0.4 is 5.32 Å². The van der Waals surface area contributed by atoms with Crippen LogP contribution in [-0.2, 0) is 6.54 Å². The van der Waals surface area contributed by atoms with Gasteiger partial charge in [0.1, 0.15) is 12.2 Å². The Hall–Kier alpha value is -0.940. The van der Waals surface area contributed by atoms with Crippen LogP contribution in [0.2, 0.25) is 0 Å². The molecule has 2 heterocycles. The van der Waals surface area contributed by atoms with Crippen LogP contribution in [0.25, 0.3) is 0 Å². The van der Waals surface area contributed by atoms with E-state index in [1.54, 1.807) is 6.33 Å². The van der Waals surface area contributed by atoms with Gasteiger partial charge in [0.2, 0.25) is 0 Å². The van der Waals surface area contributed by atoms with Crippen molar-refractivity contribution in [2.24, 2.45) is 5.92 Å². The zero-order valence-corrected chi connectivity index (χ0v) is 12.6. The van der Waals surface area contributed by atoms with Crippen LogP contribution in [0.1, 0.15) is 46.0 Å². The molecule has 0 aromatic carbocycles. The van der Waals surface area contributed by atoms with E-state index in [0.717, 1.165) is 24.8 Å². The summed E-state index contributed by atoms with van der Waals surface area (Å²) in [7, 11) is 0. The van der Waals surface area contributed by atoms with Crippen molar-refractivity contribution in [2.45, 2.75) is 52.7 Å². The molecule has 1 aliphatic rings. The molecule has 2 rings (SSSR count). The lowest BCUT2D eigenvalue weighted by Gasteiger charge is -2.20. The first-order valence-corrected chi connectivity index (χ1v) is 7.41. The molecule has 1 fully saturated rings. The lowest BCUT2D eigenvalue weighted by atomic mass is 10.1. The van der Waals surface area contributed by atoms with Crippen molar-refractivity contribution >= 4 is 0 Å². The van der Waals surface area contributed by atoms with E-state index in [9.17, 15) is 0 Å². The summed E-state index contributed by atoms with van der Waals surface area (Å²) in [4.78, 5) is 6.88. The fourth-order valence-corrected chi connectivity index (χ4v) is 2.72. The van der Waals surface area contributed by atoms with Crippen LogP contribution in [0.15, 0.2) is 6.33 Å². The molecule has 1 saturated heterocycles. The van der Waals surface area contributed by atoms with Gasteiger partial charge in [0.15, 0.2) is 0 Å². The van der Waals surface area contributed by atoms with Gasteiger partial charge in [-0.2, -0.15) is 5.10 Å². The summed E-state index contributed by atoms with van der Waals surface area (Å²) < 4.78 is 1.99. The minimum atomic E-state index is 0.377. The predicted octanol–water partition coefficient (Wildman–Crippen LogP) is 1.68. The second-order valence-electron chi connectivity index (χ2n) is 6.09. The molecule has 0 spiro atoms. The molecule has 1 unspecified atom stereocenters. The van der Waals surface area contributed by atoms with Gasteiger partial charge in [0.05, 0.1) is 6.54 Å². The molecule has 5 heteroatoms. The first kappa shape index (κ1) is 14.5. The second-order valence-corrected chi connectivity index (χ2v) is 6.09. The highest BCUT2D eigenvalue weighted by Gasteiger charge is 2.23. The van der Waals surface area contributed by atoms with Gasteiger partial charge in [0, 0.05) is 18.6 Å². The summed E-state index contributed by atoms with van der Waals surface area (Å²) in [6, 6.07) is 1.05. The standard InChI is InChI=1S/C14H27N5/c1-11(2)18-6-5-13(9-18)7-15-8-14-16-10-17-19(14)12(3)4/h10-13,15H,5-9H2,1-4H3. The quantitative estimate of drug-likeness (QED) is 0.850. The van der Waals surface area contributed by atoms with E-state index in [2.05, 4.69) is 48.0 Å². The van der Waals surface area contributed by atoms with Gasteiger partial charge < -0.3 is 10.2 Å². The van der Waals surface area contributed by atoms with Crippen LogP contribution in [0.5, 0.6) is 0 Å². The van der Waals surface area contributed by atoms with Crippen LogP contribution in [0.4, 0.5) is 0 Å². The third kappa shape index (κ3) is 3.76. The average Bonchev–Trinajstić information content (AvgIpc) is 2.97. The Morgan fingerprint density at radius 2 is 2.11 bits per heavy atom. The number of aromatic nitrogens is 3. The van der Waals surface area contributed by atoms with Crippen LogP contribution in [0, 0.1) is 5.92 Å². The maximum absolute atomic E-state index is 4.32. The molecule has 0 bridgehead atoms. The topological polar surface area (TPSA) is 46.0 Å². The lowest BCUT2D eigenvalue weighted by molar-refractivity contribution is 0.263. The molecule has 5 nitrogen and oxygen atoms in total. The average molecular weight is 265 g/mol. The number of nitrogens with one attached hydrogen (secondary N) is 1. The van der Waals surface area contributed by atoms with E-state index >= 15 is 0 Å². The van der Waals surface area contributed by atoms with Gasteiger partial charge in [-0.1, -0.05) is 0 Å². The molecule has 0 radical (unpaired) electrons. The van der Waals surface area contributed by atoms with Crippen molar-refractivity contribution < 1.29 is 0 Å². The summed E-state index contributed by atoms with van der Waals surface area (Å²) in [5, 5.41) is 7.79. The number of rotatable bonds is 6.